The molecule has 1 N–H and O–H groups in total. The Balaban J connectivity index is 2.23. The summed E-state index contributed by atoms with van der Waals surface area (Å²) in [5.41, 5.74) is 2.15. The Hall–Kier alpha value is -1.68. The zero-order valence-corrected chi connectivity index (χ0v) is 10.9. The van der Waals surface area contributed by atoms with Gasteiger partial charge in [0.05, 0.1) is 0 Å². The second kappa shape index (κ2) is 5.31. The fraction of sp³-hybridized carbons (Fsp3) is 0.429. The summed E-state index contributed by atoms with van der Waals surface area (Å²) in [5, 5.41) is 13.4. The van der Waals surface area contributed by atoms with Crippen LogP contribution in [0, 0.1) is 0 Å². The molecular formula is C14H18N2O2. The first-order valence-electron chi connectivity index (χ1n) is 6.23. The SMILES string of the molecule is CCC(O)c1noc(-c2ccc(C(C)C)cc2)n1. The van der Waals surface area contributed by atoms with Crippen molar-refractivity contribution >= 4 is 0 Å². The maximum absolute atomic E-state index is 9.62. The molecule has 1 aromatic carbocycles. The van der Waals surface area contributed by atoms with E-state index in [2.05, 4.69) is 36.1 Å². The molecule has 1 heterocycles. The van der Waals surface area contributed by atoms with Crippen molar-refractivity contribution in [2.24, 2.45) is 0 Å². The van der Waals surface area contributed by atoms with Gasteiger partial charge in [0.2, 0.25) is 5.82 Å². The molecule has 4 nitrogen and oxygen atoms in total. The minimum atomic E-state index is -0.655. The number of aliphatic hydroxyl groups is 1. The number of aliphatic hydroxyl groups excluding tert-OH is 1. The van der Waals surface area contributed by atoms with Crippen molar-refractivity contribution in [2.75, 3.05) is 0 Å². The van der Waals surface area contributed by atoms with Crippen LogP contribution < -0.4 is 0 Å². The number of benzene rings is 1. The van der Waals surface area contributed by atoms with Crippen LogP contribution in [0.3, 0.4) is 0 Å². The van der Waals surface area contributed by atoms with Crippen LogP contribution in [0.4, 0.5) is 0 Å². The number of rotatable bonds is 4. The summed E-state index contributed by atoms with van der Waals surface area (Å²) in [6.45, 7) is 6.17. The topological polar surface area (TPSA) is 59.2 Å². The predicted molar refractivity (Wildman–Crippen MR) is 69.1 cm³/mol. The highest BCUT2D eigenvalue weighted by molar-refractivity contribution is 5.53. The van der Waals surface area contributed by atoms with Crippen LogP contribution >= 0.6 is 0 Å². The van der Waals surface area contributed by atoms with Gasteiger partial charge >= 0.3 is 0 Å². The molecule has 96 valence electrons. The van der Waals surface area contributed by atoms with Gasteiger partial charge in [0.15, 0.2) is 0 Å². The molecule has 18 heavy (non-hydrogen) atoms. The Morgan fingerprint density at radius 3 is 2.44 bits per heavy atom. The maximum atomic E-state index is 9.62. The first-order valence-corrected chi connectivity index (χ1v) is 6.23. The average molecular weight is 246 g/mol. The fourth-order valence-electron chi connectivity index (χ4n) is 1.68. The second-order valence-corrected chi connectivity index (χ2v) is 4.66. The van der Waals surface area contributed by atoms with E-state index in [1.807, 2.05) is 19.1 Å². The van der Waals surface area contributed by atoms with Gasteiger partial charge in [-0.15, -0.1) is 0 Å². The van der Waals surface area contributed by atoms with Crippen molar-refractivity contribution < 1.29 is 9.63 Å². The van der Waals surface area contributed by atoms with E-state index in [4.69, 9.17) is 4.52 Å². The Bertz CT molecular complexity index is 503. The Kier molecular flexibility index (Phi) is 3.77. The minimum Gasteiger partial charge on any atom is -0.385 e. The highest BCUT2D eigenvalue weighted by Gasteiger charge is 2.14. The first kappa shape index (κ1) is 12.8. The summed E-state index contributed by atoms with van der Waals surface area (Å²) < 4.78 is 5.15. The number of nitrogens with zero attached hydrogens (tertiary/aromatic N) is 2. The Labute approximate surface area is 107 Å². The lowest BCUT2D eigenvalue weighted by molar-refractivity contribution is 0.159. The van der Waals surface area contributed by atoms with Crippen LogP contribution in [-0.4, -0.2) is 15.2 Å². The lowest BCUT2D eigenvalue weighted by atomic mass is 10.0. The molecule has 0 bridgehead atoms. The van der Waals surface area contributed by atoms with Crippen LogP contribution in [0.25, 0.3) is 11.5 Å². The highest BCUT2D eigenvalue weighted by atomic mass is 16.5. The van der Waals surface area contributed by atoms with Gasteiger partial charge in [-0.2, -0.15) is 4.98 Å². The van der Waals surface area contributed by atoms with Gasteiger partial charge in [0, 0.05) is 5.56 Å². The molecule has 4 heteroatoms. The third kappa shape index (κ3) is 2.59. The monoisotopic (exact) mass is 246 g/mol. The van der Waals surface area contributed by atoms with E-state index in [1.165, 1.54) is 5.56 Å². The van der Waals surface area contributed by atoms with Crippen LogP contribution in [-0.2, 0) is 0 Å². The van der Waals surface area contributed by atoms with Crippen LogP contribution in [0.15, 0.2) is 28.8 Å². The van der Waals surface area contributed by atoms with Gasteiger partial charge in [-0.3, -0.25) is 0 Å². The molecule has 1 unspecified atom stereocenters. The number of aromatic nitrogens is 2. The zero-order chi connectivity index (χ0) is 13.1. The van der Waals surface area contributed by atoms with Gasteiger partial charge in [-0.25, -0.2) is 0 Å². The van der Waals surface area contributed by atoms with Crippen LogP contribution in [0.1, 0.15) is 50.6 Å². The molecule has 2 aromatic rings. The summed E-state index contributed by atoms with van der Waals surface area (Å²) in [6.07, 6.45) is -0.0805. The van der Waals surface area contributed by atoms with Crippen molar-refractivity contribution in [1.29, 1.82) is 0 Å². The molecular weight excluding hydrogens is 228 g/mol. The quantitative estimate of drug-likeness (QED) is 0.899. The second-order valence-electron chi connectivity index (χ2n) is 4.66. The maximum Gasteiger partial charge on any atom is 0.258 e. The molecule has 0 amide bonds. The predicted octanol–water partition coefficient (Wildman–Crippen LogP) is 3.30. The third-order valence-electron chi connectivity index (χ3n) is 2.95. The molecule has 0 aliphatic heterocycles. The lowest BCUT2D eigenvalue weighted by Crippen LogP contribution is -1.97. The molecule has 0 spiro atoms. The molecule has 0 aliphatic carbocycles. The first-order chi connectivity index (χ1) is 8.61. The molecule has 0 fully saturated rings. The minimum absolute atomic E-state index is 0.348. The number of hydrogen-bond donors (Lipinski definition) is 1. The Morgan fingerprint density at radius 2 is 1.89 bits per heavy atom. The van der Waals surface area contributed by atoms with E-state index in [0.29, 0.717) is 24.1 Å². The number of hydrogen-bond acceptors (Lipinski definition) is 4. The molecule has 2 rings (SSSR count). The van der Waals surface area contributed by atoms with Crippen LogP contribution in [0.2, 0.25) is 0 Å². The van der Waals surface area contributed by atoms with E-state index in [1.54, 1.807) is 0 Å². The van der Waals surface area contributed by atoms with Crippen molar-refractivity contribution in [3.63, 3.8) is 0 Å². The van der Waals surface area contributed by atoms with Gasteiger partial charge in [-0.05, 0) is 30.0 Å². The van der Waals surface area contributed by atoms with E-state index in [-0.39, 0.29) is 0 Å². The van der Waals surface area contributed by atoms with E-state index in [0.717, 1.165) is 5.56 Å². The highest BCUT2D eigenvalue weighted by Crippen LogP contribution is 2.23. The molecule has 0 aliphatic rings. The van der Waals surface area contributed by atoms with Gasteiger partial charge < -0.3 is 9.63 Å². The molecule has 1 atom stereocenters. The largest absolute Gasteiger partial charge is 0.385 e. The standard InChI is InChI=1S/C14H18N2O2/c1-4-12(17)13-15-14(18-16-13)11-7-5-10(6-8-11)9(2)3/h5-9,12,17H,4H2,1-3H3. The third-order valence-corrected chi connectivity index (χ3v) is 2.95. The smallest absolute Gasteiger partial charge is 0.258 e. The molecule has 1 aromatic heterocycles. The van der Waals surface area contributed by atoms with Crippen molar-refractivity contribution in [2.45, 2.75) is 39.2 Å². The molecule has 0 saturated heterocycles. The van der Waals surface area contributed by atoms with Gasteiger partial charge in [0.1, 0.15) is 6.10 Å². The summed E-state index contributed by atoms with van der Waals surface area (Å²) in [4.78, 5) is 4.20. The summed E-state index contributed by atoms with van der Waals surface area (Å²) >= 11 is 0. The van der Waals surface area contributed by atoms with Gasteiger partial charge in [0.25, 0.3) is 5.89 Å². The van der Waals surface area contributed by atoms with E-state index in [9.17, 15) is 5.11 Å². The van der Waals surface area contributed by atoms with Gasteiger partial charge in [-0.1, -0.05) is 38.1 Å². The normalized spacial score (nSPS) is 12.9. The lowest BCUT2D eigenvalue weighted by Gasteiger charge is -2.04. The van der Waals surface area contributed by atoms with Crippen molar-refractivity contribution in [1.82, 2.24) is 10.1 Å². The molecule has 0 saturated carbocycles. The summed E-state index contributed by atoms with van der Waals surface area (Å²) in [6, 6.07) is 8.04. The summed E-state index contributed by atoms with van der Waals surface area (Å²) in [7, 11) is 0. The zero-order valence-electron chi connectivity index (χ0n) is 10.9. The van der Waals surface area contributed by atoms with Crippen molar-refractivity contribution in [3.8, 4) is 11.5 Å². The average Bonchev–Trinajstić information content (AvgIpc) is 2.87. The van der Waals surface area contributed by atoms with Crippen molar-refractivity contribution in [3.05, 3.63) is 35.7 Å². The summed E-state index contributed by atoms with van der Waals surface area (Å²) in [5.74, 6) is 1.30. The Morgan fingerprint density at radius 1 is 1.22 bits per heavy atom. The molecule has 0 radical (unpaired) electrons. The van der Waals surface area contributed by atoms with Crippen LogP contribution in [0.5, 0.6) is 0 Å². The van der Waals surface area contributed by atoms with E-state index < -0.39 is 6.10 Å². The fourth-order valence-corrected chi connectivity index (χ4v) is 1.68. The van der Waals surface area contributed by atoms with E-state index >= 15 is 0 Å².